The van der Waals surface area contributed by atoms with Crippen LogP contribution in [0, 0.1) is 28.1 Å². The summed E-state index contributed by atoms with van der Waals surface area (Å²) in [6.45, 7) is 2.28. The molecule has 5 N–H and O–H groups in total. The van der Waals surface area contributed by atoms with Crippen LogP contribution in [-0.4, -0.2) is 40.6 Å². The van der Waals surface area contributed by atoms with E-state index in [1.165, 1.54) is 18.6 Å². The molecule has 7 nitrogen and oxygen atoms in total. The maximum Gasteiger partial charge on any atom is 0.127 e. The highest BCUT2D eigenvalue weighted by molar-refractivity contribution is 7.82. The van der Waals surface area contributed by atoms with Gasteiger partial charge in [0, 0.05) is 55.1 Å². The summed E-state index contributed by atoms with van der Waals surface area (Å²) < 4.78 is 14.8. The lowest BCUT2D eigenvalue weighted by Crippen LogP contribution is -2.37. The third-order valence-electron chi connectivity index (χ3n) is 5.45. The molecule has 31 heavy (non-hydrogen) atoms. The van der Waals surface area contributed by atoms with E-state index in [2.05, 4.69) is 11.4 Å². The van der Waals surface area contributed by atoms with Crippen molar-refractivity contribution in [2.75, 3.05) is 25.0 Å². The second kappa shape index (κ2) is 10.7. The van der Waals surface area contributed by atoms with E-state index in [0.717, 1.165) is 54.2 Å². The van der Waals surface area contributed by atoms with E-state index < -0.39 is 11.0 Å². The molecule has 0 radical (unpaired) electrons. The molecule has 1 aliphatic heterocycles. The van der Waals surface area contributed by atoms with Crippen molar-refractivity contribution in [2.45, 2.75) is 17.7 Å². The fourth-order valence-corrected chi connectivity index (χ4v) is 4.79. The molecule has 1 saturated heterocycles. The molecule has 160 valence electrons. The molecular formula is C23H26N6OS. The normalized spacial score (nSPS) is 16.3. The van der Waals surface area contributed by atoms with Gasteiger partial charge in [0.2, 0.25) is 0 Å². The van der Waals surface area contributed by atoms with Gasteiger partial charge in [-0.15, -0.1) is 0 Å². The van der Waals surface area contributed by atoms with E-state index in [4.69, 9.17) is 21.8 Å². The van der Waals surface area contributed by atoms with Gasteiger partial charge in [-0.25, -0.2) is 8.51 Å². The number of nitrogens with two attached hydrogens (primary N) is 1. The molecule has 1 fully saturated rings. The molecular weight excluding hydrogens is 408 g/mol. The average Bonchev–Trinajstić information content (AvgIpc) is 2.83. The Morgan fingerprint density at radius 2 is 1.94 bits per heavy atom. The Bertz CT molecular complexity index is 1030. The zero-order valence-electron chi connectivity index (χ0n) is 17.2. The monoisotopic (exact) mass is 434 g/mol. The van der Waals surface area contributed by atoms with Crippen LogP contribution in [0.5, 0.6) is 0 Å². The highest BCUT2D eigenvalue weighted by Crippen LogP contribution is 2.24. The van der Waals surface area contributed by atoms with Gasteiger partial charge in [0.05, 0.1) is 16.5 Å². The number of nitriles is 1. The summed E-state index contributed by atoms with van der Waals surface area (Å²) in [5.74, 6) is 0.452. The van der Waals surface area contributed by atoms with Gasteiger partial charge < -0.3 is 21.9 Å². The fraction of sp³-hybridized carbons (Fsp3) is 0.261. The number of piperidine rings is 1. The lowest BCUT2D eigenvalue weighted by atomic mass is 9.97. The number of nitrogens with one attached hydrogen (secondary N) is 3. The van der Waals surface area contributed by atoms with Crippen molar-refractivity contribution in [1.82, 2.24) is 4.31 Å². The second-order valence-corrected chi connectivity index (χ2v) is 8.84. The molecule has 0 amide bonds. The number of hydrogen-bond donors (Lipinski definition) is 4. The third-order valence-corrected chi connectivity index (χ3v) is 6.96. The zero-order valence-corrected chi connectivity index (χ0v) is 18.0. The van der Waals surface area contributed by atoms with Crippen molar-refractivity contribution in [3.63, 3.8) is 0 Å². The Morgan fingerprint density at radius 3 is 2.52 bits per heavy atom. The highest BCUT2D eigenvalue weighted by Gasteiger charge is 2.23. The molecule has 1 unspecified atom stereocenters. The molecule has 0 spiro atoms. The van der Waals surface area contributed by atoms with Crippen LogP contribution in [0.2, 0.25) is 0 Å². The maximum absolute atomic E-state index is 12.8. The molecule has 0 aromatic heterocycles. The Labute approximate surface area is 185 Å². The summed E-state index contributed by atoms with van der Waals surface area (Å²) in [7, 11) is -1.21. The summed E-state index contributed by atoms with van der Waals surface area (Å²) in [6, 6.07) is 14.6. The largest absolute Gasteiger partial charge is 0.404 e. The van der Waals surface area contributed by atoms with Crippen LogP contribution >= 0.6 is 0 Å². The Kier molecular flexibility index (Phi) is 7.70. The number of anilines is 1. The van der Waals surface area contributed by atoms with Gasteiger partial charge in [-0.05, 0) is 60.7 Å². The van der Waals surface area contributed by atoms with Crippen LogP contribution in [-0.2, 0) is 11.0 Å². The molecule has 8 heteroatoms. The van der Waals surface area contributed by atoms with Gasteiger partial charge in [-0.2, -0.15) is 5.26 Å². The number of nitrogens with zero attached hydrogens (tertiary/aromatic N) is 2. The average molecular weight is 435 g/mol. The standard InChI is InChI=1S/C23H26N6OS/c24-12-17-1-4-22(5-2-17)31(30)29-9-7-18(8-10-29)16-28-23-6-3-19(11-20(23)13-25)21(14-26)15-27/h1-6,11,13-15,18,25-26,28H,7-10,16,27H2/b21-15+,25-13?,26-14?. The molecule has 2 aromatic rings. The quantitative estimate of drug-likeness (QED) is 0.475. The molecule has 0 saturated carbocycles. The topological polar surface area (TPSA) is 130 Å². The summed E-state index contributed by atoms with van der Waals surface area (Å²) in [5, 5.41) is 27.5. The number of hydrogen-bond acceptors (Lipinski definition) is 6. The van der Waals surface area contributed by atoms with Crippen LogP contribution in [0.4, 0.5) is 5.69 Å². The van der Waals surface area contributed by atoms with Crippen molar-refractivity contribution >= 4 is 34.7 Å². The highest BCUT2D eigenvalue weighted by atomic mass is 32.2. The summed E-state index contributed by atoms with van der Waals surface area (Å²) in [4.78, 5) is 0.724. The molecule has 0 aliphatic carbocycles. The maximum atomic E-state index is 12.8. The Morgan fingerprint density at radius 1 is 1.23 bits per heavy atom. The molecule has 1 atom stereocenters. The summed E-state index contributed by atoms with van der Waals surface area (Å²) >= 11 is 0. The Hall–Kier alpha value is -3.28. The molecule has 1 aliphatic rings. The first kappa shape index (κ1) is 22.4. The third kappa shape index (κ3) is 5.45. The van der Waals surface area contributed by atoms with Crippen LogP contribution in [0.25, 0.3) is 5.57 Å². The minimum Gasteiger partial charge on any atom is -0.404 e. The number of allylic oxidation sites excluding steroid dienone is 1. The van der Waals surface area contributed by atoms with E-state index in [9.17, 15) is 4.21 Å². The summed E-state index contributed by atoms with van der Waals surface area (Å²) in [6.07, 6.45) is 5.75. The van der Waals surface area contributed by atoms with Crippen molar-refractivity contribution < 1.29 is 4.21 Å². The van der Waals surface area contributed by atoms with Gasteiger partial charge in [-0.1, -0.05) is 6.07 Å². The molecule has 3 rings (SSSR count). The van der Waals surface area contributed by atoms with E-state index in [1.54, 1.807) is 24.3 Å². The van der Waals surface area contributed by atoms with Crippen molar-refractivity contribution in [3.05, 3.63) is 65.4 Å². The SMILES string of the molecule is N#Cc1ccc(S(=O)N2CCC(CNc3ccc(/C(C=N)=C/N)cc3C=N)CC2)cc1. The first-order valence-electron chi connectivity index (χ1n) is 10.1. The lowest BCUT2D eigenvalue weighted by molar-refractivity contribution is 0.292. The van der Waals surface area contributed by atoms with E-state index >= 15 is 0 Å². The predicted octanol–water partition coefficient (Wildman–Crippen LogP) is 3.35. The van der Waals surface area contributed by atoms with Gasteiger partial charge in [0.15, 0.2) is 0 Å². The Balaban J connectivity index is 1.55. The van der Waals surface area contributed by atoms with Crippen LogP contribution in [0.1, 0.15) is 29.5 Å². The predicted molar refractivity (Wildman–Crippen MR) is 126 cm³/mol. The number of rotatable bonds is 8. The first-order chi connectivity index (χ1) is 15.1. The second-order valence-electron chi connectivity index (χ2n) is 7.35. The van der Waals surface area contributed by atoms with Gasteiger partial charge in [0.1, 0.15) is 11.0 Å². The lowest BCUT2D eigenvalue weighted by Gasteiger charge is -2.31. The van der Waals surface area contributed by atoms with Crippen molar-refractivity contribution in [3.8, 4) is 6.07 Å². The van der Waals surface area contributed by atoms with E-state index in [-0.39, 0.29) is 0 Å². The molecule has 2 aromatic carbocycles. The van der Waals surface area contributed by atoms with Crippen LogP contribution < -0.4 is 11.1 Å². The van der Waals surface area contributed by atoms with Crippen molar-refractivity contribution in [1.29, 1.82) is 16.1 Å². The van der Waals surface area contributed by atoms with Gasteiger partial charge in [0.25, 0.3) is 0 Å². The molecule has 1 heterocycles. The summed E-state index contributed by atoms with van der Waals surface area (Å²) in [5.41, 5.74) is 9.17. The fourth-order valence-electron chi connectivity index (χ4n) is 3.58. The smallest absolute Gasteiger partial charge is 0.127 e. The van der Waals surface area contributed by atoms with Gasteiger partial charge in [-0.3, -0.25) is 0 Å². The van der Waals surface area contributed by atoms with E-state index in [0.29, 0.717) is 17.1 Å². The number of benzene rings is 2. The van der Waals surface area contributed by atoms with E-state index in [1.807, 2.05) is 22.5 Å². The zero-order chi connectivity index (χ0) is 22.2. The van der Waals surface area contributed by atoms with Crippen LogP contribution in [0.3, 0.4) is 0 Å². The van der Waals surface area contributed by atoms with Crippen LogP contribution in [0.15, 0.2) is 53.6 Å². The van der Waals surface area contributed by atoms with Crippen molar-refractivity contribution in [2.24, 2.45) is 11.7 Å². The minimum absolute atomic E-state index is 0.452. The molecule has 0 bridgehead atoms. The minimum atomic E-state index is -1.21. The first-order valence-corrected chi connectivity index (χ1v) is 11.2. The van der Waals surface area contributed by atoms with Gasteiger partial charge >= 0.3 is 0 Å².